The summed E-state index contributed by atoms with van der Waals surface area (Å²) in [5, 5.41) is 11.1. The second-order valence-electron chi connectivity index (χ2n) is 7.12. The molecule has 0 saturated heterocycles. The fourth-order valence-electron chi connectivity index (χ4n) is 3.46. The maximum atomic E-state index is 12.8. The smallest absolute Gasteiger partial charge is 0.274 e. The molecule has 0 unspecified atom stereocenters. The van der Waals surface area contributed by atoms with Gasteiger partial charge in [0.25, 0.3) is 15.7 Å². The molecule has 0 aromatic heterocycles. The number of nitro benzene ring substituents is 1. The van der Waals surface area contributed by atoms with Crippen molar-refractivity contribution in [3.05, 3.63) is 57.6 Å². The van der Waals surface area contributed by atoms with Gasteiger partial charge in [0.05, 0.1) is 21.1 Å². The van der Waals surface area contributed by atoms with Crippen molar-refractivity contribution < 1.29 is 18.1 Å². The predicted molar refractivity (Wildman–Crippen MR) is 104 cm³/mol. The van der Waals surface area contributed by atoms with Gasteiger partial charge in [-0.05, 0) is 56.0 Å². The first-order valence-electron chi connectivity index (χ1n) is 8.99. The molecule has 1 heterocycles. The molecule has 0 spiro atoms. The zero-order chi connectivity index (χ0) is 20.1. The van der Waals surface area contributed by atoms with E-state index < -0.39 is 14.9 Å². The van der Waals surface area contributed by atoms with Gasteiger partial charge in [0.1, 0.15) is 0 Å². The molecule has 0 bridgehead atoms. The Hall–Kier alpha value is -2.94. The molecule has 9 heteroatoms. The molecule has 1 amide bonds. The molecular formula is C19H19N3O5S. The Morgan fingerprint density at radius 1 is 1.25 bits per heavy atom. The average molecular weight is 401 g/mol. The number of amides is 1. The monoisotopic (exact) mass is 401 g/mol. The number of hydrogen-bond donors (Lipinski definition) is 1. The highest BCUT2D eigenvalue weighted by Crippen LogP contribution is 2.37. The normalized spacial score (nSPS) is 16.0. The van der Waals surface area contributed by atoms with Crippen molar-refractivity contribution in [3.8, 4) is 0 Å². The van der Waals surface area contributed by atoms with Gasteiger partial charge in [-0.25, -0.2) is 8.42 Å². The molecule has 2 aromatic rings. The number of benzene rings is 2. The Morgan fingerprint density at radius 2 is 2.00 bits per heavy atom. The Bertz CT molecular complexity index is 1090. The third-order valence-electron chi connectivity index (χ3n) is 5.20. The van der Waals surface area contributed by atoms with Gasteiger partial charge in [-0.3, -0.25) is 19.6 Å². The molecule has 0 atom stereocenters. The van der Waals surface area contributed by atoms with Crippen LogP contribution in [0, 0.1) is 23.0 Å². The van der Waals surface area contributed by atoms with Gasteiger partial charge in [0.15, 0.2) is 0 Å². The highest BCUT2D eigenvalue weighted by atomic mass is 32.2. The van der Waals surface area contributed by atoms with E-state index in [1.165, 1.54) is 31.2 Å². The van der Waals surface area contributed by atoms with Crippen LogP contribution in [0.25, 0.3) is 0 Å². The third-order valence-corrected chi connectivity index (χ3v) is 6.56. The molecule has 28 heavy (non-hydrogen) atoms. The molecule has 1 fully saturated rings. The number of hydrogen-bond acceptors (Lipinski definition) is 5. The molecule has 0 radical (unpaired) electrons. The summed E-state index contributed by atoms with van der Waals surface area (Å²) in [6.07, 6.45) is 2.44. The summed E-state index contributed by atoms with van der Waals surface area (Å²) >= 11 is 0. The van der Waals surface area contributed by atoms with E-state index >= 15 is 0 Å². The largest absolute Gasteiger partial charge is 0.312 e. The minimum atomic E-state index is -3.92. The summed E-state index contributed by atoms with van der Waals surface area (Å²) in [5.74, 6) is 0.215. The number of nitrogens with zero attached hydrogens (tertiary/aromatic N) is 2. The van der Waals surface area contributed by atoms with Crippen LogP contribution in [0.2, 0.25) is 0 Å². The number of sulfonamides is 1. The van der Waals surface area contributed by atoms with Gasteiger partial charge in [-0.2, -0.15) is 0 Å². The molecule has 146 valence electrons. The van der Waals surface area contributed by atoms with Crippen molar-refractivity contribution in [1.82, 2.24) is 0 Å². The molecule has 1 aliphatic carbocycles. The lowest BCUT2D eigenvalue weighted by molar-refractivity contribution is -0.385. The molecule has 1 N–H and O–H groups in total. The van der Waals surface area contributed by atoms with E-state index in [0.29, 0.717) is 13.0 Å². The standard InChI is InChI=1S/C19H19N3O5S/c1-12-16(3-2-4-17(12)22(24)25)20-28(26,27)15-7-8-18-14(11-15)9-10-21(18)19(23)13-5-6-13/h2-4,7-8,11,13,20H,5-6,9-10H2,1H3. The zero-order valence-corrected chi connectivity index (χ0v) is 16.0. The number of carbonyl (C=O) groups excluding carboxylic acids is 1. The number of fused-ring (bicyclic) bond motifs is 1. The minimum Gasteiger partial charge on any atom is -0.312 e. The van der Waals surface area contributed by atoms with Crippen LogP contribution < -0.4 is 9.62 Å². The van der Waals surface area contributed by atoms with Crippen LogP contribution in [0.1, 0.15) is 24.0 Å². The van der Waals surface area contributed by atoms with Gasteiger partial charge < -0.3 is 4.90 Å². The average Bonchev–Trinajstić information content (AvgIpc) is 3.41. The molecule has 2 aromatic carbocycles. The van der Waals surface area contributed by atoms with E-state index in [2.05, 4.69) is 4.72 Å². The number of carbonyl (C=O) groups is 1. The first kappa shape index (κ1) is 18.4. The van der Waals surface area contributed by atoms with Gasteiger partial charge in [0.2, 0.25) is 5.91 Å². The van der Waals surface area contributed by atoms with Crippen molar-refractivity contribution in [1.29, 1.82) is 0 Å². The summed E-state index contributed by atoms with van der Waals surface area (Å²) in [5.41, 5.74) is 1.84. The highest BCUT2D eigenvalue weighted by Gasteiger charge is 2.36. The number of rotatable bonds is 5. The van der Waals surface area contributed by atoms with E-state index in [1.54, 1.807) is 17.0 Å². The van der Waals surface area contributed by atoms with E-state index in [-0.39, 0.29) is 33.7 Å². The fourth-order valence-corrected chi connectivity index (χ4v) is 4.63. The first-order chi connectivity index (χ1) is 13.3. The number of anilines is 2. The van der Waals surface area contributed by atoms with Crippen LogP contribution in [0.4, 0.5) is 17.1 Å². The third kappa shape index (κ3) is 3.22. The molecule has 1 aliphatic heterocycles. The lowest BCUT2D eigenvalue weighted by atomic mass is 10.2. The van der Waals surface area contributed by atoms with Crippen LogP contribution >= 0.6 is 0 Å². The van der Waals surface area contributed by atoms with Gasteiger partial charge in [-0.1, -0.05) is 6.07 Å². The number of nitrogens with one attached hydrogen (secondary N) is 1. The number of nitro groups is 1. The second-order valence-corrected chi connectivity index (χ2v) is 8.80. The Kier molecular flexibility index (Phi) is 4.34. The van der Waals surface area contributed by atoms with Crippen LogP contribution in [0.15, 0.2) is 41.3 Å². The topological polar surface area (TPSA) is 110 Å². The summed E-state index contributed by atoms with van der Waals surface area (Å²) in [6.45, 7) is 2.06. The Labute approximate surface area is 162 Å². The Balaban J connectivity index is 1.62. The van der Waals surface area contributed by atoms with Crippen molar-refractivity contribution in [2.24, 2.45) is 5.92 Å². The summed E-state index contributed by atoms with van der Waals surface area (Å²) in [7, 11) is -3.92. The first-order valence-corrected chi connectivity index (χ1v) is 10.5. The van der Waals surface area contributed by atoms with Crippen LogP contribution in [0.3, 0.4) is 0 Å². The SMILES string of the molecule is Cc1c(NS(=O)(=O)c2ccc3c(c2)CCN3C(=O)C2CC2)cccc1[N+](=O)[O-]. The molecule has 8 nitrogen and oxygen atoms in total. The molecule has 2 aliphatic rings. The second kappa shape index (κ2) is 6.59. The lowest BCUT2D eigenvalue weighted by Gasteiger charge is -2.17. The maximum Gasteiger partial charge on any atom is 0.274 e. The highest BCUT2D eigenvalue weighted by molar-refractivity contribution is 7.92. The van der Waals surface area contributed by atoms with E-state index in [0.717, 1.165) is 24.1 Å². The van der Waals surface area contributed by atoms with Crippen molar-refractivity contribution in [2.75, 3.05) is 16.2 Å². The van der Waals surface area contributed by atoms with Gasteiger partial charge in [0, 0.05) is 24.2 Å². The molecular weight excluding hydrogens is 382 g/mol. The minimum absolute atomic E-state index is 0.0675. The van der Waals surface area contributed by atoms with Crippen LogP contribution in [-0.2, 0) is 21.2 Å². The van der Waals surface area contributed by atoms with Crippen molar-refractivity contribution in [3.63, 3.8) is 0 Å². The zero-order valence-electron chi connectivity index (χ0n) is 15.2. The van der Waals surface area contributed by atoms with E-state index in [9.17, 15) is 23.3 Å². The van der Waals surface area contributed by atoms with Crippen molar-refractivity contribution in [2.45, 2.75) is 31.1 Å². The van der Waals surface area contributed by atoms with Crippen molar-refractivity contribution >= 4 is 33.0 Å². The van der Waals surface area contributed by atoms with E-state index in [1.807, 2.05) is 0 Å². The summed E-state index contributed by atoms with van der Waals surface area (Å²) in [4.78, 5) is 24.7. The predicted octanol–water partition coefficient (Wildman–Crippen LogP) is 3.00. The summed E-state index contributed by atoms with van der Waals surface area (Å²) in [6, 6.07) is 8.96. The lowest BCUT2D eigenvalue weighted by Crippen LogP contribution is -2.30. The van der Waals surface area contributed by atoms with Gasteiger partial charge >= 0.3 is 0 Å². The molecule has 4 rings (SSSR count). The van der Waals surface area contributed by atoms with Crippen LogP contribution in [-0.4, -0.2) is 25.8 Å². The fraction of sp³-hybridized carbons (Fsp3) is 0.316. The van der Waals surface area contributed by atoms with E-state index in [4.69, 9.17) is 0 Å². The maximum absolute atomic E-state index is 12.8. The summed E-state index contributed by atoms with van der Waals surface area (Å²) < 4.78 is 28.1. The van der Waals surface area contributed by atoms with Gasteiger partial charge in [-0.15, -0.1) is 0 Å². The molecule has 1 saturated carbocycles. The Morgan fingerprint density at radius 3 is 2.68 bits per heavy atom. The quantitative estimate of drug-likeness (QED) is 0.612. The van der Waals surface area contributed by atoms with Crippen LogP contribution in [0.5, 0.6) is 0 Å².